The predicted molar refractivity (Wildman–Crippen MR) is 104 cm³/mol. The molecule has 0 bridgehead atoms. The molecule has 1 unspecified atom stereocenters. The first-order valence-corrected chi connectivity index (χ1v) is 9.96. The number of anilines is 1. The van der Waals surface area contributed by atoms with E-state index in [1.165, 1.54) is 11.3 Å². The second kappa shape index (κ2) is 9.01. The van der Waals surface area contributed by atoms with Gasteiger partial charge in [-0.3, -0.25) is 4.79 Å². The second-order valence-corrected chi connectivity index (χ2v) is 6.90. The molecule has 1 fully saturated rings. The molecule has 0 aliphatic carbocycles. The summed E-state index contributed by atoms with van der Waals surface area (Å²) in [5.41, 5.74) is 1.96. The molecule has 6 nitrogen and oxygen atoms in total. The van der Waals surface area contributed by atoms with Gasteiger partial charge >= 0.3 is 5.97 Å². The van der Waals surface area contributed by atoms with E-state index >= 15 is 0 Å². The van der Waals surface area contributed by atoms with Crippen molar-refractivity contribution in [2.24, 2.45) is 0 Å². The van der Waals surface area contributed by atoms with Crippen molar-refractivity contribution in [3.05, 3.63) is 35.2 Å². The van der Waals surface area contributed by atoms with Crippen LogP contribution < -0.4 is 10.1 Å². The highest BCUT2D eigenvalue weighted by Gasteiger charge is 2.27. The lowest BCUT2D eigenvalue weighted by Gasteiger charge is -2.12. The fraction of sp³-hybridized carbons (Fsp3) is 0.400. The van der Waals surface area contributed by atoms with E-state index in [0.717, 1.165) is 23.3 Å². The Morgan fingerprint density at radius 2 is 2.00 bits per heavy atom. The maximum absolute atomic E-state index is 12.6. The Morgan fingerprint density at radius 1 is 1.22 bits per heavy atom. The fourth-order valence-electron chi connectivity index (χ4n) is 2.94. The van der Waals surface area contributed by atoms with Crippen molar-refractivity contribution in [2.45, 2.75) is 32.8 Å². The van der Waals surface area contributed by atoms with Gasteiger partial charge in [-0.25, -0.2) is 4.79 Å². The standard InChI is InChI=1S/C20H23NO5S/c1-3-24-14-9-7-13(8-10-14)15-12-27-19(17(15)20(23)25-4-2)21-18(22)16-6-5-11-26-16/h7-10,12,16H,3-6,11H2,1-2H3,(H,21,22). The van der Waals surface area contributed by atoms with Crippen molar-refractivity contribution in [2.75, 3.05) is 25.1 Å². The number of hydrogen-bond donors (Lipinski definition) is 1. The monoisotopic (exact) mass is 389 g/mol. The van der Waals surface area contributed by atoms with E-state index in [1.54, 1.807) is 6.92 Å². The van der Waals surface area contributed by atoms with Crippen molar-refractivity contribution in [3.8, 4) is 16.9 Å². The summed E-state index contributed by atoms with van der Waals surface area (Å²) in [4.78, 5) is 25.0. The van der Waals surface area contributed by atoms with E-state index in [1.807, 2.05) is 36.6 Å². The Kier molecular flexibility index (Phi) is 6.47. The van der Waals surface area contributed by atoms with Crippen molar-refractivity contribution >= 4 is 28.2 Å². The topological polar surface area (TPSA) is 73.9 Å². The van der Waals surface area contributed by atoms with Crippen LogP contribution in [0.3, 0.4) is 0 Å². The number of carbonyl (C=O) groups is 2. The molecule has 1 aliphatic rings. The van der Waals surface area contributed by atoms with Crippen LogP contribution in [-0.4, -0.2) is 37.8 Å². The van der Waals surface area contributed by atoms with Crippen LogP contribution in [0.4, 0.5) is 5.00 Å². The molecular weight excluding hydrogens is 366 g/mol. The lowest BCUT2D eigenvalue weighted by atomic mass is 10.0. The van der Waals surface area contributed by atoms with Crippen LogP contribution >= 0.6 is 11.3 Å². The Hall–Kier alpha value is -2.38. The summed E-state index contributed by atoms with van der Waals surface area (Å²) in [5, 5.41) is 5.18. The van der Waals surface area contributed by atoms with Crippen LogP contribution in [0, 0.1) is 0 Å². The van der Waals surface area contributed by atoms with Crippen molar-refractivity contribution < 1.29 is 23.8 Å². The number of amides is 1. The number of nitrogens with one attached hydrogen (secondary N) is 1. The smallest absolute Gasteiger partial charge is 0.341 e. The van der Waals surface area contributed by atoms with Crippen LogP contribution in [0.1, 0.15) is 37.0 Å². The molecule has 3 rings (SSSR count). The zero-order valence-corrected chi connectivity index (χ0v) is 16.3. The number of rotatable bonds is 7. The Balaban J connectivity index is 1.90. The summed E-state index contributed by atoms with van der Waals surface area (Å²) in [6, 6.07) is 7.50. The maximum atomic E-state index is 12.6. The van der Waals surface area contributed by atoms with Gasteiger partial charge in [-0.2, -0.15) is 0 Å². The van der Waals surface area contributed by atoms with E-state index in [2.05, 4.69) is 5.32 Å². The molecule has 144 valence electrons. The zero-order chi connectivity index (χ0) is 19.2. The summed E-state index contributed by atoms with van der Waals surface area (Å²) in [5.74, 6) is 0.0875. The first-order chi connectivity index (χ1) is 13.1. The number of hydrogen-bond acceptors (Lipinski definition) is 6. The molecule has 1 amide bonds. The Morgan fingerprint density at radius 3 is 2.63 bits per heavy atom. The third kappa shape index (κ3) is 4.48. The van der Waals surface area contributed by atoms with Gasteiger partial charge in [-0.1, -0.05) is 12.1 Å². The van der Waals surface area contributed by atoms with Gasteiger partial charge < -0.3 is 19.5 Å². The molecule has 2 aromatic rings. The van der Waals surface area contributed by atoms with Gasteiger partial charge in [0.1, 0.15) is 22.4 Å². The van der Waals surface area contributed by atoms with Gasteiger partial charge in [-0.05, 0) is 44.4 Å². The van der Waals surface area contributed by atoms with Crippen LogP contribution in [0.5, 0.6) is 5.75 Å². The van der Waals surface area contributed by atoms with Crippen molar-refractivity contribution in [3.63, 3.8) is 0 Å². The Labute approximate surface area is 162 Å². The predicted octanol–water partition coefficient (Wildman–Crippen LogP) is 4.11. The summed E-state index contributed by atoms with van der Waals surface area (Å²) >= 11 is 1.31. The third-order valence-electron chi connectivity index (χ3n) is 4.21. The minimum Gasteiger partial charge on any atom is -0.494 e. The summed E-state index contributed by atoms with van der Waals surface area (Å²) in [6.45, 7) is 5.12. The van der Waals surface area contributed by atoms with Gasteiger partial charge in [0, 0.05) is 17.6 Å². The highest BCUT2D eigenvalue weighted by atomic mass is 32.1. The highest BCUT2D eigenvalue weighted by Crippen LogP contribution is 2.37. The largest absolute Gasteiger partial charge is 0.494 e. The SMILES string of the molecule is CCOC(=O)c1c(-c2ccc(OCC)cc2)csc1NC(=O)C1CCCO1. The van der Waals surface area contributed by atoms with Crippen molar-refractivity contribution in [1.82, 2.24) is 0 Å². The molecule has 0 saturated carbocycles. The van der Waals surface area contributed by atoms with E-state index < -0.39 is 12.1 Å². The van der Waals surface area contributed by atoms with E-state index in [9.17, 15) is 9.59 Å². The van der Waals surface area contributed by atoms with Crippen LogP contribution in [0.2, 0.25) is 0 Å². The normalized spacial score (nSPS) is 16.1. The molecular formula is C20H23NO5S. The van der Waals surface area contributed by atoms with Crippen LogP contribution in [0.15, 0.2) is 29.6 Å². The van der Waals surface area contributed by atoms with E-state index in [-0.39, 0.29) is 12.5 Å². The molecule has 2 heterocycles. The molecule has 27 heavy (non-hydrogen) atoms. The highest BCUT2D eigenvalue weighted by molar-refractivity contribution is 7.15. The summed E-state index contributed by atoms with van der Waals surface area (Å²) < 4.78 is 16.1. The number of benzene rings is 1. The van der Waals surface area contributed by atoms with Gasteiger partial charge in [0.15, 0.2) is 0 Å². The maximum Gasteiger partial charge on any atom is 0.341 e. The van der Waals surface area contributed by atoms with Gasteiger partial charge in [0.2, 0.25) is 0 Å². The lowest BCUT2D eigenvalue weighted by Crippen LogP contribution is -2.27. The molecule has 1 aliphatic heterocycles. The number of thiophene rings is 1. The van der Waals surface area contributed by atoms with Gasteiger partial charge in [0.25, 0.3) is 5.91 Å². The molecule has 1 aromatic carbocycles. The average Bonchev–Trinajstić information content (AvgIpc) is 3.33. The Bertz CT molecular complexity index is 793. The lowest BCUT2D eigenvalue weighted by molar-refractivity contribution is -0.124. The molecule has 0 spiro atoms. The minimum absolute atomic E-state index is 0.224. The van der Waals surface area contributed by atoms with E-state index in [0.29, 0.717) is 30.2 Å². The summed E-state index contributed by atoms with van der Waals surface area (Å²) in [6.07, 6.45) is 1.10. The molecule has 7 heteroatoms. The zero-order valence-electron chi connectivity index (χ0n) is 15.4. The van der Waals surface area contributed by atoms with Crippen LogP contribution in [0.25, 0.3) is 11.1 Å². The quantitative estimate of drug-likeness (QED) is 0.722. The first kappa shape index (κ1) is 19.4. The average molecular weight is 389 g/mol. The molecule has 1 atom stereocenters. The van der Waals surface area contributed by atoms with E-state index in [4.69, 9.17) is 14.2 Å². The third-order valence-corrected chi connectivity index (χ3v) is 5.10. The number of carbonyl (C=O) groups excluding carboxylic acids is 2. The number of ether oxygens (including phenoxy) is 3. The van der Waals surface area contributed by atoms with Crippen molar-refractivity contribution in [1.29, 1.82) is 0 Å². The molecule has 1 N–H and O–H groups in total. The number of esters is 1. The molecule has 0 radical (unpaired) electrons. The first-order valence-electron chi connectivity index (χ1n) is 9.08. The van der Waals surface area contributed by atoms with Gasteiger partial charge in [0.05, 0.1) is 13.2 Å². The second-order valence-electron chi connectivity index (χ2n) is 6.02. The molecule has 1 saturated heterocycles. The van der Waals surface area contributed by atoms with Gasteiger partial charge in [-0.15, -0.1) is 11.3 Å². The molecule has 1 aromatic heterocycles. The van der Waals surface area contributed by atoms with Crippen LogP contribution in [-0.2, 0) is 14.3 Å². The summed E-state index contributed by atoms with van der Waals surface area (Å²) in [7, 11) is 0. The minimum atomic E-state index is -0.462. The fourth-order valence-corrected chi connectivity index (χ4v) is 3.90.